The number of nitrogens with one attached hydrogen (secondary N) is 1. The van der Waals surface area contributed by atoms with E-state index in [1.165, 1.54) is 0 Å². The molecule has 2 aromatic carbocycles. The van der Waals surface area contributed by atoms with Crippen LogP contribution in [0.5, 0.6) is 0 Å². The van der Waals surface area contributed by atoms with Gasteiger partial charge >= 0.3 is 0 Å². The lowest BCUT2D eigenvalue weighted by molar-refractivity contribution is 1.35. The molecule has 2 nitrogen and oxygen atoms in total. The highest BCUT2D eigenvalue weighted by Gasteiger charge is 1.97. The second-order valence-corrected chi connectivity index (χ2v) is 5.30. The zero-order valence-corrected chi connectivity index (χ0v) is 12.3. The summed E-state index contributed by atoms with van der Waals surface area (Å²) in [5, 5.41) is 5.30. The van der Waals surface area contributed by atoms with Crippen LogP contribution in [0.4, 0.5) is 5.69 Å². The van der Waals surface area contributed by atoms with Gasteiger partial charge in [0.25, 0.3) is 0 Å². The Morgan fingerprint density at radius 2 is 1.78 bits per heavy atom. The first-order valence-corrected chi connectivity index (χ1v) is 6.70. The Morgan fingerprint density at radius 3 is 2.44 bits per heavy atom. The summed E-state index contributed by atoms with van der Waals surface area (Å²) in [5.41, 5.74) is 4.63. The first-order chi connectivity index (χ1) is 8.65. The van der Waals surface area contributed by atoms with Crippen LogP contribution in [0.25, 0.3) is 0 Å². The number of benzene rings is 2. The van der Waals surface area contributed by atoms with Crippen molar-refractivity contribution in [1.29, 1.82) is 0 Å². The maximum atomic E-state index is 6.02. The van der Waals surface area contributed by atoms with E-state index < -0.39 is 0 Å². The molecule has 92 valence electrons. The fraction of sp³-hybridized carbons (Fsp3) is 0. The molecule has 0 fully saturated rings. The average molecular weight is 344 g/mol. The number of nitrogens with zero attached hydrogens (tertiary/aromatic N) is 1. The Balaban J connectivity index is 2.05. The molecule has 0 unspecified atom stereocenters. The highest BCUT2D eigenvalue weighted by Crippen LogP contribution is 2.19. The quantitative estimate of drug-likeness (QED) is 0.601. The van der Waals surface area contributed by atoms with Gasteiger partial charge < -0.3 is 0 Å². The van der Waals surface area contributed by atoms with Crippen LogP contribution in [0, 0.1) is 0 Å². The van der Waals surface area contributed by atoms with Crippen LogP contribution in [-0.2, 0) is 0 Å². The third kappa shape index (κ3) is 3.73. The van der Waals surface area contributed by atoms with E-state index >= 15 is 0 Å². The summed E-state index contributed by atoms with van der Waals surface area (Å²) >= 11 is 15.2. The molecule has 1 N–H and O–H groups in total. The lowest BCUT2D eigenvalue weighted by Crippen LogP contribution is -1.90. The minimum absolute atomic E-state index is 0.573. The summed E-state index contributed by atoms with van der Waals surface area (Å²) in [5.74, 6) is 0. The van der Waals surface area contributed by atoms with Crippen LogP contribution in [0.3, 0.4) is 0 Å². The molecule has 5 heteroatoms. The van der Waals surface area contributed by atoms with E-state index in [1.807, 2.05) is 30.3 Å². The SMILES string of the molecule is Clc1ccc(/C=N\Nc2ccc(Br)cc2)c(Cl)c1. The van der Waals surface area contributed by atoms with Crippen molar-refractivity contribution in [3.63, 3.8) is 0 Å². The number of halogens is 3. The van der Waals surface area contributed by atoms with Crippen LogP contribution in [0.2, 0.25) is 10.0 Å². The molecule has 0 atom stereocenters. The van der Waals surface area contributed by atoms with Crippen molar-refractivity contribution in [2.45, 2.75) is 0 Å². The lowest BCUT2D eigenvalue weighted by Gasteiger charge is -2.01. The third-order valence-electron chi connectivity index (χ3n) is 2.20. The zero-order chi connectivity index (χ0) is 13.0. The number of hydrogen-bond donors (Lipinski definition) is 1. The molecule has 0 heterocycles. The number of anilines is 1. The molecule has 0 aliphatic carbocycles. The van der Waals surface area contributed by atoms with Crippen LogP contribution in [0.1, 0.15) is 5.56 Å². The molecule has 0 saturated carbocycles. The summed E-state index contributed by atoms with van der Waals surface area (Å²) in [6.45, 7) is 0. The van der Waals surface area contributed by atoms with Gasteiger partial charge in [-0.25, -0.2) is 0 Å². The van der Waals surface area contributed by atoms with Gasteiger partial charge in [-0.05, 0) is 36.4 Å². The summed E-state index contributed by atoms with van der Waals surface area (Å²) < 4.78 is 1.03. The van der Waals surface area contributed by atoms with Crippen molar-refractivity contribution in [2.75, 3.05) is 5.43 Å². The van der Waals surface area contributed by atoms with Crippen molar-refractivity contribution in [3.8, 4) is 0 Å². The van der Waals surface area contributed by atoms with Gasteiger partial charge in [-0.3, -0.25) is 5.43 Å². The third-order valence-corrected chi connectivity index (χ3v) is 3.30. The molecule has 18 heavy (non-hydrogen) atoms. The minimum Gasteiger partial charge on any atom is -0.279 e. The first kappa shape index (κ1) is 13.4. The lowest BCUT2D eigenvalue weighted by atomic mass is 10.2. The van der Waals surface area contributed by atoms with E-state index in [9.17, 15) is 0 Å². The molecule has 0 aromatic heterocycles. The monoisotopic (exact) mass is 342 g/mol. The van der Waals surface area contributed by atoms with Gasteiger partial charge in [0.05, 0.1) is 16.9 Å². The molecule has 0 amide bonds. The number of hydrazone groups is 1. The molecule has 0 saturated heterocycles. The van der Waals surface area contributed by atoms with E-state index in [2.05, 4.69) is 26.5 Å². The molecule has 2 rings (SSSR count). The highest BCUT2D eigenvalue weighted by atomic mass is 79.9. The molecule has 0 spiro atoms. The molecular weight excluding hydrogens is 335 g/mol. The van der Waals surface area contributed by atoms with Crippen molar-refractivity contribution in [2.24, 2.45) is 5.10 Å². The smallest absolute Gasteiger partial charge is 0.0562 e. The molecule has 0 aliphatic rings. The Kier molecular flexibility index (Phi) is 4.64. The predicted molar refractivity (Wildman–Crippen MR) is 81.8 cm³/mol. The molecule has 0 radical (unpaired) electrons. The van der Waals surface area contributed by atoms with E-state index in [1.54, 1.807) is 18.3 Å². The van der Waals surface area contributed by atoms with Crippen molar-refractivity contribution >= 4 is 51.0 Å². The van der Waals surface area contributed by atoms with Gasteiger partial charge in [0, 0.05) is 15.1 Å². The van der Waals surface area contributed by atoms with Gasteiger partial charge in [-0.1, -0.05) is 45.2 Å². The van der Waals surface area contributed by atoms with Gasteiger partial charge in [0.1, 0.15) is 0 Å². The summed E-state index contributed by atoms with van der Waals surface area (Å²) in [6, 6.07) is 13.0. The van der Waals surface area contributed by atoms with Crippen LogP contribution >= 0.6 is 39.1 Å². The van der Waals surface area contributed by atoms with E-state index in [-0.39, 0.29) is 0 Å². The second kappa shape index (κ2) is 6.23. The van der Waals surface area contributed by atoms with E-state index in [0.29, 0.717) is 10.0 Å². The van der Waals surface area contributed by atoms with Gasteiger partial charge in [0.2, 0.25) is 0 Å². The van der Waals surface area contributed by atoms with E-state index in [0.717, 1.165) is 15.7 Å². The van der Waals surface area contributed by atoms with Crippen molar-refractivity contribution in [3.05, 3.63) is 62.5 Å². The summed E-state index contributed by atoms with van der Waals surface area (Å²) in [4.78, 5) is 0. The van der Waals surface area contributed by atoms with Crippen molar-refractivity contribution in [1.82, 2.24) is 0 Å². The Hall–Kier alpha value is -1.03. The average Bonchev–Trinajstić information content (AvgIpc) is 2.34. The highest BCUT2D eigenvalue weighted by molar-refractivity contribution is 9.10. The standard InChI is InChI=1S/C13H9BrCl2N2/c14-10-2-5-12(6-3-10)18-17-8-9-1-4-11(15)7-13(9)16/h1-8,18H/b17-8-. The van der Waals surface area contributed by atoms with Crippen molar-refractivity contribution < 1.29 is 0 Å². The Bertz CT molecular complexity index is 568. The molecule has 0 aliphatic heterocycles. The zero-order valence-electron chi connectivity index (χ0n) is 9.20. The summed E-state index contributed by atoms with van der Waals surface area (Å²) in [6.07, 6.45) is 1.65. The molecule has 2 aromatic rings. The van der Waals surface area contributed by atoms with Crippen LogP contribution in [0.15, 0.2) is 52.0 Å². The van der Waals surface area contributed by atoms with Gasteiger partial charge in [-0.15, -0.1) is 0 Å². The van der Waals surface area contributed by atoms with Crippen LogP contribution < -0.4 is 5.43 Å². The predicted octanol–water partition coefficient (Wildman–Crippen LogP) is 5.20. The molecule has 0 bridgehead atoms. The number of rotatable bonds is 3. The van der Waals surface area contributed by atoms with E-state index in [4.69, 9.17) is 23.2 Å². The maximum absolute atomic E-state index is 6.02. The minimum atomic E-state index is 0.573. The Labute approximate surface area is 124 Å². The van der Waals surface area contributed by atoms with Gasteiger partial charge in [-0.2, -0.15) is 5.10 Å². The molecular formula is C13H9BrCl2N2. The Morgan fingerprint density at radius 1 is 1.06 bits per heavy atom. The maximum Gasteiger partial charge on any atom is 0.0562 e. The topological polar surface area (TPSA) is 24.4 Å². The largest absolute Gasteiger partial charge is 0.279 e. The van der Waals surface area contributed by atoms with Gasteiger partial charge in [0.15, 0.2) is 0 Å². The second-order valence-electron chi connectivity index (χ2n) is 3.54. The van der Waals surface area contributed by atoms with Crippen LogP contribution in [-0.4, -0.2) is 6.21 Å². The normalized spacial score (nSPS) is 10.8. The first-order valence-electron chi connectivity index (χ1n) is 5.15. The fourth-order valence-electron chi connectivity index (χ4n) is 1.31. The fourth-order valence-corrected chi connectivity index (χ4v) is 2.03. The number of hydrogen-bond acceptors (Lipinski definition) is 2. The summed E-state index contributed by atoms with van der Waals surface area (Å²) in [7, 11) is 0.